The fourth-order valence-corrected chi connectivity index (χ4v) is 1.37. The highest BCUT2D eigenvalue weighted by Gasteiger charge is 2.12. The number of aliphatic hydroxyl groups is 1. The number of para-hydroxylation sites is 1. The first kappa shape index (κ1) is 12.5. The van der Waals surface area contributed by atoms with Gasteiger partial charge >= 0.3 is 0 Å². The van der Waals surface area contributed by atoms with Crippen LogP contribution < -0.4 is 10.6 Å². The molecule has 0 aromatic heterocycles. The van der Waals surface area contributed by atoms with Crippen LogP contribution in [0.3, 0.4) is 0 Å². The summed E-state index contributed by atoms with van der Waals surface area (Å²) in [6.07, 6.45) is 0. The second-order valence-corrected chi connectivity index (χ2v) is 3.63. The first-order valence-corrected chi connectivity index (χ1v) is 5.43. The zero-order chi connectivity index (χ0) is 12.0. The largest absolute Gasteiger partial charge is 0.394 e. The van der Waals surface area contributed by atoms with Crippen molar-refractivity contribution in [1.82, 2.24) is 5.32 Å². The number of carbonyl (C=O) groups is 1. The Bertz CT molecular complexity index is 353. The summed E-state index contributed by atoms with van der Waals surface area (Å²) in [5, 5.41) is 14.7. The highest BCUT2D eigenvalue weighted by Crippen LogP contribution is 2.14. The Morgan fingerprint density at radius 1 is 1.44 bits per heavy atom. The van der Waals surface area contributed by atoms with Gasteiger partial charge in [0.2, 0.25) is 0 Å². The average Bonchev–Trinajstić information content (AvgIpc) is 2.30. The van der Waals surface area contributed by atoms with Gasteiger partial charge < -0.3 is 15.7 Å². The number of anilines is 1. The van der Waals surface area contributed by atoms with Gasteiger partial charge in [0.15, 0.2) is 0 Å². The van der Waals surface area contributed by atoms with E-state index >= 15 is 0 Å². The molecule has 16 heavy (non-hydrogen) atoms. The van der Waals surface area contributed by atoms with E-state index < -0.39 is 0 Å². The molecule has 1 atom stereocenters. The average molecular weight is 222 g/mol. The molecule has 88 valence electrons. The van der Waals surface area contributed by atoms with Crippen molar-refractivity contribution in [2.75, 3.05) is 18.5 Å². The maximum absolute atomic E-state index is 11.8. The van der Waals surface area contributed by atoms with Crippen LogP contribution in [0.2, 0.25) is 0 Å². The van der Waals surface area contributed by atoms with Gasteiger partial charge in [-0.05, 0) is 26.0 Å². The molecule has 0 unspecified atom stereocenters. The smallest absolute Gasteiger partial charge is 0.253 e. The van der Waals surface area contributed by atoms with E-state index in [0.29, 0.717) is 5.56 Å². The molecular formula is C12H18N2O2. The maximum atomic E-state index is 11.8. The molecular weight excluding hydrogens is 204 g/mol. The first-order chi connectivity index (χ1) is 7.69. The van der Waals surface area contributed by atoms with Crippen LogP contribution in [0.25, 0.3) is 0 Å². The van der Waals surface area contributed by atoms with Crippen LogP contribution in [-0.4, -0.2) is 30.2 Å². The van der Waals surface area contributed by atoms with Crippen LogP contribution >= 0.6 is 0 Å². The number of nitrogens with one attached hydrogen (secondary N) is 2. The highest BCUT2D eigenvalue weighted by molar-refractivity contribution is 5.99. The molecule has 1 aromatic rings. The lowest BCUT2D eigenvalue weighted by atomic mass is 10.1. The summed E-state index contributed by atoms with van der Waals surface area (Å²) in [6, 6.07) is 7.09. The predicted molar refractivity (Wildman–Crippen MR) is 64.6 cm³/mol. The molecule has 0 spiro atoms. The Hall–Kier alpha value is -1.55. The molecule has 1 amide bonds. The van der Waals surface area contributed by atoms with Gasteiger partial charge in [-0.25, -0.2) is 0 Å². The topological polar surface area (TPSA) is 61.4 Å². The van der Waals surface area contributed by atoms with Crippen LogP contribution in [-0.2, 0) is 0 Å². The van der Waals surface area contributed by atoms with E-state index in [1.807, 2.05) is 25.1 Å². The van der Waals surface area contributed by atoms with E-state index in [1.165, 1.54) is 0 Å². The Labute approximate surface area is 95.7 Å². The number of carbonyl (C=O) groups excluding carboxylic acids is 1. The third kappa shape index (κ3) is 3.24. The van der Waals surface area contributed by atoms with Crippen molar-refractivity contribution < 1.29 is 9.90 Å². The minimum Gasteiger partial charge on any atom is -0.394 e. The van der Waals surface area contributed by atoms with E-state index in [2.05, 4.69) is 10.6 Å². The lowest BCUT2D eigenvalue weighted by Crippen LogP contribution is -2.35. The van der Waals surface area contributed by atoms with Crippen LogP contribution in [0.5, 0.6) is 0 Å². The molecule has 0 saturated heterocycles. The summed E-state index contributed by atoms with van der Waals surface area (Å²) >= 11 is 0. The van der Waals surface area contributed by atoms with Crippen molar-refractivity contribution in [2.24, 2.45) is 0 Å². The summed E-state index contributed by atoms with van der Waals surface area (Å²) in [5.74, 6) is -0.168. The van der Waals surface area contributed by atoms with Crippen molar-refractivity contribution >= 4 is 11.6 Å². The molecule has 0 aliphatic carbocycles. The Morgan fingerprint density at radius 2 is 2.12 bits per heavy atom. The van der Waals surface area contributed by atoms with Crippen LogP contribution in [0.15, 0.2) is 24.3 Å². The van der Waals surface area contributed by atoms with Crippen molar-refractivity contribution in [1.29, 1.82) is 0 Å². The number of aliphatic hydroxyl groups excluding tert-OH is 1. The predicted octanol–water partition coefficient (Wildman–Crippen LogP) is 1.23. The Kier molecular flexibility index (Phi) is 4.79. The third-order valence-electron chi connectivity index (χ3n) is 2.19. The summed E-state index contributed by atoms with van der Waals surface area (Å²) in [7, 11) is 0. The minimum absolute atomic E-state index is 0.0604. The van der Waals surface area contributed by atoms with Crippen LogP contribution in [0.1, 0.15) is 24.2 Å². The number of rotatable bonds is 5. The van der Waals surface area contributed by atoms with E-state index in [9.17, 15) is 4.79 Å². The molecule has 1 aromatic carbocycles. The first-order valence-electron chi connectivity index (χ1n) is 5.43. The van der Waals surface area contributed by atoms with Gasteiger partial charge in [-0.15, -0.1) is 0 Å². The maximum Gasteiger partial charge on any atom is 0.253 e. The minimum atomic E-state index is -0.234. The summed E-state index contributed by atoms with van der Waals surface area (Å²) < 4.78 is 0. The van der Waals surface area contributed by atoms with Crippen molar-refractivity contribution in [3.05, 3.63) is 29.8 Å². The number of hydrogen-bond donors (Lipinski definition) is 3. The van der Waals surface area contributed by atoms with Gasteiger partial charge in [0.1, 0.15) is 0 Å². The molecule has 0 radical (unpaired) electrons. The van der Waals surface area contributed by atoms with E-state index in [4.69, 9.17) is 5.11 Å². The normalized spacial score (nSPS) is 11.9. The van der Waals surface area contributed by atoms with Crippen molar-refractivity contribution in [3.8, 4) is 0 Å². The molecule has 0 aliphatic rings. The van der Waals surface area contributed by atoms with Gasteiger partial charge in [0.05, 0.1) is 12.2 Å². The lowest BCUT2D eigenvalue weighted by Gasteiger charge is -2.13. The summed E-state index contributed by atoms with van der Waals surface area (Å²) in [4.78, 5) is 11.8. The van der Waals surface area contributed by atoms with Gasteiger partial charge in [-0.3, -0.25) is 4.79 Å². The zero-order valence-corrected chi connectivity index (χ0v) is 9.66. The molecule has 0 saturated carbocycles. The Morgan fingerprint density at radius 3 is 2.75 bits per heavy atom. The number of amides is 1. The second-order valence-electron chi connectivity index (χ2n) is 3.63. The number of benzene rings is 1. The second kappa shape index (κ2) is 6.12. The van der Waals surface area contributed by atoms with E-state index in [0.717, 1.165) is 12.2 Å². The van der Waals surface area contributed by atoms with Crippen LogP contribution in [0.4, 0.5) is 5.69 Å². The molecule has 4 nitrogen and oxygen atoms in total. The molecule has 3 N–H and O–H groups in total. The van der Waals surface area contributed by atoms with Gasteiger partial charge in [-0.1, -0.05) is 12.1 Å². The van der Waals surface area contributed by atoms with Crippen LogP contribution in [0, 0.1) is 0 Å². The summed E-state index contributed by atoms with van der Waals surface area (Å²) in [5.41, 5.74) is 1.41. The van der Waals surface area contributed by atoms with E-state index in [-0.39, 0.29) is 18.6 Å². The third-order valence-corrected chi connectivity index (χ3v) is 2.19. The van der Waals surface area contributed by atoms with Gasteiger partial charge in [0, 0.05) is 18.3 Å². The molecule has 1 rings (SSSR count). The van der Waals surface area contributed by atoms with Gasteiger partial charge in [-0.2, -0.15) is 0 Å². The molecule has 0 bridgehead atoms. The van der Waals surface area contributed by atoms with Crippen molar-refractivity contribution in [2.45, 2.75) is 19.9 Å². The highest BCUT2D eigenvalue weighted by atomic mass is 16.3. The fourth-order valence-electron chi connectivity index (χ4n) is 1.37. The number of hydrogen-bond acceptors (Lipinski definition) is 3. The monoisotopic (exact) mass is 222 g/mol. The Balaban J connectivity index is 2.81. The lowest BCUT2D eigenvalue weighted by molar-refractivity contribution is 0.0923. The zero-order valence-electron chi connectivity index (χ0n) is 9.66. The summed E-state index contributed by atoms with van der Waals surface area (Å²) in [6.45, 7) is 4.44. The van der Waals surface area contributed by atoms with E-state index in [1.54, 1.807) is 13.0 Å². The fraction of sp³-hybridized carbons (Fsp3) is 0.417. The quantitative estimate of drug-likeness (QED) is 0.702. The molecule has 4 heteroatoms. The standard InChI is InChI=1S/C12H18N2O2/c1-3-13-11-7-5-4-6-10(11)12(16)14-9(2)8-15/h4-7,9,13,15H,3,8H2,1-2H3,(H,14,16)/t9-/m1/s1. The molecule has 0 fully saturated rings. The molecule has 0 aliphatic heterocycles. The molecule has 0 heterocycles. The van der Waals surface area contributed by atoms with Gasteiger partial charge in [0.25, 0.3) is 5.91 Å². The SMILES string of the molecule is CCNc1ccccc1C(=O)N[C@H](C)CO. The van der Waals surface area contributed by atoms with Crippen molar-refractivity contribution in [3.63, 3.8) is 0 Å².